The van der Waals surface area contributed by atoms with E-state index < -0.39 is 29.8 Å². The van der Waals surface area contributed by atoms with Gasteiger partial charge in [0.05, 0.1) is 30.2 Å². The molecule has 2 aliphatic carbocycles. The third-order valence-electron chi connectivity index (χ3n) is 11.0. The van der Waals surface area contributed by atoms with Gasteiger partial charge in [-0.25, -0.2) is 4.98 Å². The van der Waals surface area contributed by atoms with Crippen LogP contribution in [0.5, 0.6) is 0 Å². The van der Waals surface area contributed by atoms with Crippen LogP contribution in [0, 0.1) is 11.8 Å². The molecule has 49 heavy (non-hydrogen) atoms. The van der Waals surface area contributed by atoms with E-state index in [0.717, 1.165) is 63.4 Å². The maximum absolute atomic E-state index is 14.4. The molecule has 2 saturated carbocycles. The van der Waals surface area contributed by atoms with E-state index in [1.54, 1.807) is 19.6 Å². The van der Waals surface area contributed by atoms with Gasteiger partial charge in [0.2, 0.25) is 17.7 Å². The number of hydrogen-bond donors (Lipinski definition) is 4. The number of amides is 3. The lowest BCUT2D eigenvalue weighted by Gasteiger charge is -2.36. The molecule has 1 aliphatic heterocycles. The minimum absolute atomic E-state index is 0.103. The number of rotatable bonds is 15. The minimum Gasteiger partial charge on any atom is -0.391 e. The Morgan fingerprint density at radius 3 is 2.31 bits per heavy atom. The molecule has 3 aliphatic rings. The van der Waals surface area contributed by atoms with Crippen molar-refractivity contribution in [3.63, 3.8) is 0 Å². The van der Waals surface area contributed by atoms with Gasteiger partial charge in [0, 0.05) is 44.1 Å². The van der Waals surface area contributed by atoms with Crippen molar-refractivity contribution in [3.05, 3.63) is 54.1 Å². The zero-order valence-corrected chi connectivity index (χ0v) is 29.6. The molecule has 2 heterocycles. The normalized spacial score (nSPS) is 22.5. The van der Waals surface area contributed by atoms with Crippen molar-refractivity contribution in [2.75, 3.05) is 13.8 Å². The number of likely N-dealkylation sites (N-methyl/N-ethyl adjacent to an activating group) is 1. The van der Waals surface area contributed by atoms with E-state index >= 15 is 0 Å². The summed E-state index contributed by atoms with van der Waals surface area (Å²) < 4.78 is 11.6. The molecule has 3 fully saturated rings. The first kappa shape index (κ1) is 37.0. The molecule has 0 unspecified atom stereocenters. The summed E-state index contributed by atoms with van der Waals surface area (Å²) in [5, 5.41) is 17.9. The average molecular weight is 680 g/mol. The van der Waals surface area contributed by atoms with Crippen LogP contribution >= 0.6 is 0 Å². The Labute approximate surface area is 291 Å². The number of aromatic amines is 1. The van der Waals surface area contributed by atoms with Gasteiger partial charge in [0.15, 0.2) is 0 Å². The van der Waals surface area contributed by atoms with E-state index in [1.165, 1.54) is 11.3 Å². The smallest absolute Gasteiger partial charge is 0.245 e. The molecule has 5 atom stereocenters. The van der Waals surface area contributed by atoms with Gasteiger partial charge < -0.3 is 35.1 Å². The highest BCUT2D eigenvalue weighted by molar-refractivity contribution is 5.92. The lowest BCUT2D eigenvalue weighted by atomic mass is 9.82. The molecule has 0 spiro atoms. The molecule has 0 bridgehead atoms. The molecule has 11 heteroatoms. The Balaban J connectivity index is 1.37. The molecule has 4 N–H and O–H groups in total. The number of ether oxygens (including phenoxy) is 2. The fourth-order valence-corrected chi connectivity index (χ4v) is 7.78. The van der Waals surface area contributed by atoms with Crippen molar-refractivity contribution in [2.45, 2.75) is 140 Å². The van der Waals surface area contributed by atoms with Crippen LogP contribution in [-0.4, -0.2) is 87.5 Å². The SMILES string of the molecule is CN(C(=O)[C@H](Cc1ccccc1)NC(=O)C1CCCCC1)[C@@H](Cc1cnc[nH]1)C(=O)N[C@@H](CC1CCCCC1)[C@@H](O)C[C@@H]1OCOC1(C)C. The molecule has 270 valence electrons. The standard InChI is InChI=1S/C38H57N5O6/c1-38(2)34(48-25-49-38)22-33(44)30(19-26-13-7-4-8-14-26)41-36(46)32(21-29-23-39-24-40-29)43(3)37(47)31(20-27-15-9-5-10-16-27)42-35(45)28-17-11-6-12-18-28/h5,9-10,15-16,23-24,26,28,30-34,44H,4,6-8,11-14,17-22,25H2,1-3H3,(H,39,40)(H,41,46)(H,42,45)/t30-,31-,32-,33-,34-/m0/s1. The first-order chi connectivity index (χ1) is 23.6. The summed E-state index contributed by atoms with van der Waals surface area (Å²) in [6, 6.07) is 7.35. The van der Waals surface area contributed by atoms with Crippen LogP contribution in [0.3, 0.4) is 0 Å². The van der Waals surface area contributed by atoms with Crippen LogP contribution < -0.4 is 10.6 Å². The number of benzene rings is 1. The number of aliphatic hydroxyl groups excluding tert-OH is 1. The van der Waals surface area contributed by atoms with Crippen molar-refractivity contribution in [1.29, 1.82) is 0 Å². The Hall–Kier alpha value is -3.28. The molecule has 1 aromatic carbocycles. The summed E-state index contributed by atoms with van der Waals surface area (Å²) in [5.74, 6) is -0.525. The summed E-state index contributed by atoms with van der Waals surface area (Å²) in [4.78, 5) is 50.9. The van der Waals surface area contributed by atoms with E-state index in [1.807, 2.05) is 44.2 Å². The van der Waals surface area contributed by atoms with Gasteiger partial charge in [-0.15, -0.1) is 0 Å². The predicted molar refractivity (Wildman–Crippen MR) is 186 cm³/mol. The minimum atomic E-state index is -0.915. The van der Waals surface area contributed by atoms with Crippen LogP contribution in [0.1, 0.15) is 102 Å². The predicted octanol–water partition coefficient (Wildman–Crippen LogP) is 4.44. The van der Waals surface area contributed by atoms with Gasteiger partial charge in [-0.3, -0.25) is 14.4 Å². The van der Waals surface area contributed by atoms with Gasteiger partial charge in [0.25, 0.3) is 0 Å². The van der Waals surface area contributed by atoms with E-state index in [2.05, 4.69) is 20.6 Å². The lowest BCUT2D eigenvalue weighted by Crippen LogP contribution is -2.58. The summed E-state index contributed by atoms with van der Waals surface area (Å²) in [5.41, 5.74) is 1.07. The van der Waals surface area contributed by atoms with Crippen molar-refractivity contribution in [3.8, 4) is 0 Å². The summed E-state index contributed by atoms with van der Waals surface area (Å²) in [6.45, 7) is 4.07. The van der Waals surface area contributed by atoms with Gasteiger partial charge in [-0.05, 0) is 44.6 Å². The summed E-state index contributed by atoms with van der Waals surface area (Å²) in [7, 11) is 1.63. The molecule has 1 saturated heterocycles. The van der Waals surface area contributed by atoms with Crippen LogP contribution in [-0.2, 0) is 36.7 Å². The van der Waals surface area contributed by atoms with Gasteiger partial charge in [-0.1, -0.05) is 81.7 Å². The first-order valence-electron chi connectivity index (χ1n) is 18.4. The molecular formula is C38H57N5O6. The van der Waals surface area contributed by atoms with Crippen molar-refractivity contribution in [1.82, 2.24) is 25.5 Å². The Kier molecular flexibility index (Phi) is 13.3. The first-order valence-corrected chi connectivity index (χ1v) is 18.4. The summed E-state index contributed by atoms with van der Waals surface area (Å²) >= 11 is 0. The maximum atomic E-state index is 14.4. The monoisotopic (exact) mass is 679 g/mol. The van der Waals surface area contributed by atoms with E-state index in [0.29, 0.717) is 30.9 Å². The number of carbonyl (C=O) groups excluding carboxylic acids is 3. The van der Waals surface area contributed by atoms with Crippen LogP contribution in [0.4, 0.5) is 0 Å². The van der Waals surface area contributed by atoms with E-state index in [-0.39, 0.29) is 43.0 Å². The second-order valence-electron chi connectivity index (χ2n) is 15.0. The van der Waals surface area contributed by atoms with Gasteiger partial charge in [0.1, 0.15) is 18.9 Å². The fourth-order valence-electron chi connectivity index (χ4n) is 7.78. The number of aromatic nitrogens is 2. The number of H-pyrrole nitrogens is 1. The molecule has 0 radical (unpaired) electrons. The Morgan fingerprint density at radius 2 is 1.67 bits per heavy atom. The lowest BCUT2D eigenvalue weighted by molar-refractivity contribution is -0.143. The van der Waals surface area contributed by atoms with Crippen LogP contribution in [0.25, 0.3) is 0 Å². The fraction of sp³-hybridized carbons (Fsp3) is 0.684. The largest absolute Gasteiger partial charge is 0.391 e. The molecule has 1 aromatic heterocycles. The van der Waals surface area contributed by atoms with E-state index in [9.17, 15) is 19.5 Å². The zero-order chi connectivity index (χ0) is 34.8. The quantitative estimate of drug-likeness (QED) is 0.218. The zero-order valence-electron chi connectivity index (χ0n) is 29.6. The number of imidazole rings is 1. The highest BCUT2D eigenvalue weighted by Gasteiger charge is 2.41. The van der Waals surface area contributed by atoms with Gasteiger partial charge >= 0.3 is 0 Å². The summed E-state index contributed by atoms with van der Waals surface area (Å²) in [6.07, 6.45) is 13.9. The van der Waals surface area contributed by atoms with E-state index in [4.69, 9.17) is 9.47 Å². The van der Waals surface area contributed by atoms with Crippen LogP contribution in [0.15, 0.2) is 42.9 Å². The van der Waals surface area contributed by atoms with Crippen molar-refractivity contribution >= 4 is 17.7 Å². The molecule has 11 nitrogen and oxygen atoms in total. The van der Waals surface area contributed by atoms with Gasteiger partial charge in [-0.2, -0.15) is 0 Å². The molecule has 5 rings (SSSR count). The number of hydrogen-bond acceptors (Lipinski definition) is 7. The highest BCUT2D eigenvalue weighted by Crippen LogP contribution is 2.32. The number of aliphatic hydroxyl groups is 1. The maximum Gasteiger partial charge on any atom is 0.245 e. The number of carbonyl (C=O) groups is 3. The van der Waals surface area contributed by atoms with Crippen LogP contribution in [0.2, 0.25) is 0 Å². The topological polar surface area (TPSA) is 146 Å². The van der Waals surface area contributed by atoms with Crippen molar-refractivity contribution < 1.29 is 29.0 Å². The Bertz CT molecular complexity index is 1330. The van der Waals surface area contributed by atoms with Crippen molar-refractivity contribution in [2.24, 2.45) is 11.8 Å². The third-order valence-corrected chi connectivity index (χ3v) is 11.0. The number of nitrogens with one attached hydrogen (secondary N) is 3. The third kappa shape index (κ3) is 10.4. The average Bonchev–Trinajstić information content (AvgIpc) is 3.75. The highest BCUT2D eigenvalue weighted by atomic mass is 16.7. The molecule has 3 amide bonds. The Morgan fingerprint density at radius 1 is 0.980 bits per heavy atom. The molecular weight excluding hydrogens is 622 g/mol. The number of nitrogens with zero attached hydrogens (tertiary/aromatic N) is 2. The second kappa shape index (κ2) is 17.6. The molecule has 2 aromatic rings. The second-order valence-corrected chi connectivity index (χ2v) is 15.0.